The molecular weight excluding hydrogens is 216 g/mol. The molecule has 0 saturated heterocycles. The highest BCUT2D eigenvalue weighted by Crippen LogP contribution is 2.05. The molecule has 2 rings (SSSR count). The summed E-state index contributed by atoms with van der Waals surface area (Å²) < 4.78 is 0. The topological polar surface area (TPSA) is 0 Å². The highest BCUT2D eigenvalue weighted by Gasteiger charge is 1.92. The summed E-state index contributed by atoms with van der Waals surface area (Å²) in [6.45, 7) is 4.01. The normalized spacial score (nSPS) is 9.33. The van der Waals surface area contributed by atoms with Crippen molar-refractivity contribution in [3.8, 4) is 11.8 Å². The summed E-state index contributed by atoms with van der Waals surface area (Å²) in [5, 5.41) is 0. The second kappa shape index (κ2) is 6.47. The second-order valence-corrected chi connectivity index (χ2v) is 4.23. The molecule has 0 saturated carbocycles. The number of benzene rings is 2. The lowest BCUT2D eigenvalue weighted by atomic mass is 10.1. The number of hydrogen-bond acceptors (Lipinski definition) is 0. The lowest BCUT2D eigenvalue weighted by Crippen LogP contribution is -1.86. The third-order valence-corrected chi connectivity index (χ3v) is 2.66. The first kappa shape index (κ1) is 12.2. The maximum atomic E-state index is 4.01. The molecule has 0 amide bonds. The fourth-order valence-electron chi connectivity index (χ4n) is 1.75. The molecule has 0 N–H and O–H groups in total. The van der Waals surface area contributed by atoms with E-state index in [1.165, 1.54) is 11.1 Å². The molecule has 2 aromatic carbocycles. The van der Waals surface area contributed by atoms with Gasteiger partial charge in [0.25, 0.3) is 0 Å². The Morgan fingerprint density at radius 3 is 2.00 bits per heavy atom. The van der Waals surface area contributed by atoms with E-state index >= 15 is 0 Å². The van der Waals surface area contributed by atoms with Crippen LogP contribution in [0.15, 0.2) is 72.8 Å². The molecule has 0 aliphatic heterocycles. The van der Waals surface area contributed by atoms with Crippen molar-refractivity contribution < 1.29 is 0 Å². The largest absolute Gasteiger partial charge is 0.0935 e. The molecule has 0 fully saturated rings. The molecule has 0 aromatic heterocycles. The molecule has 88 valence electrons. The summed E-state index contributed by atoms with van der Waals surface area (Å²) in [5.41, 5.74) is 3.48. The zero-order valence-corrected chi connectivity index (χ0v) is 10.4. The summed E-state index contributed by atoms with van der Waals surface area (Å²) in [6.07, 6.45) is 1.62. The fraction of sp³-hybridized carbons (Fsp3) is 0.111. The van der Waals surface area contributed by atoms with E-state index in [4.69, 9.17) is 0 Å². The van der Waals surface area contributed by atoms with Crippen LogP contribution >= 0.6 is 0 Å². The Balaban J connectivity index is 1.89. The third kappa shape index (κ3) is 3.96. The van der Waals surface area contributed by atoms with Crippen molar-refractivity contribution >= 4 is 0 Å². The summed E-state index contributed by atoms with van der Waals surface area (Å²) >= 11 is 0. The summed E-state index contributed by atoms with van der Waals surface area (Å²) in [4.78, 5) is 0. The maximum absolute atomic E-state index is 4.01. The average Bonchev–Trinajstić information content (AvgIpc) is 2.41. The van der Waals surface area contributed by atoms with Crippen LogP contribution in [-0.4, -0.2) is 0 Å². The Labute approximate surface area is 109 Å². The Bertz CT molecular complexity index is 553. The quantitative estimate of drug-likeness (QED) is 0.701. The van der Waals surface area contributed by atoms with Crippen LogP contribution in [-0.2, 0) is 12.8 Å². The summed E-state index contributed by atoms with van der Waals surface area (Å²) in [5.74, 6) is 6.31. The van der Waals surface area contributed by atoms with Crippen LogP contribution in [0.1, 0.15) is 11.1 Å². The SMILES string of the molecule is C=C(C#CCc1ccccc1)Cc1ccccc1. The van der Waals surface area contributed by atoms with E-state index in [-0.39, 0.29) is 0 Å². The van der Waals surface area contributed by atoms with Crippen LogP contribution in [0.3, 0.4) is 0 Å². The molecule has 0 nitrogen and oxygen atoms in total. The molecule has 0 heteroatoms. The molecule has 0 bridgehead atoms. The van der Waals surface area contributed by atoms with E-state index in [1.54, 1.807) is 0 Å². The smallest absolute Gasteiger partial charge is 0.0343 e. The van der Waals surface area contributed by atoms with Gasteiger partial charge >= 0.3 is 0 Å². The van der Waals surface area contributed by atoms with E-state index in [1.807, 2.05) is 36.4 Å². The van der Waals surface area contributed by atoms with Crippen molar-refractivity contribution in [2.75, 3.05) is 0 Å². The Morgan fingerprint density at radius 1 is 0.833 bits per heavy atom. The van der Waals surface area contributed by atoms with E-state index in [0.717, 1.165) is 18.4 Å². The molecular formula is C18H16. The van der Waals surface area contributed by atoms with Gasteiger partial charge in [-0.3, -0.25) is 0 Å². The second-order valence-electron chi connectivity index (χ2n) is 4.23. The fourth-order valence-corrected chi connectivity index (χ4v) is 1.75. The zero-order valence-electron chi connectivity index (χ0n) is 10.4. The molecule has 0 aliphatic carbocycles. The molecule has 0 aliphatic rings. The van der Waals surface area contributed by atoms with Crippen LogP contribution in [0.5, 0.6) is 0 Å². The third-order valence-electron chi connectivity index (χ3n) is 2.66. The predicted molar refractivity (Wildman–Crippen MR) is 77.2 cm³/mol. The van der Waals surface area contributed by atoms with Gasteiger partial charge in [-0.25, -0.2) is 0 Å². The van der Waals surface area contributed by atoms with E-state index in [2.05, 4.69) is 42.7 Å². The summed E-state index contributed by atoms with van der Waals surface area (Å²) in [6, 6.07) is 20.6. The molecule has 0 atom stereocenters. The van der Waals surface area contributed by atoms with Gasteiger partial charge in [0.1, 0.15) is 0 Å². The first-order valence-corrected chi connectivity index (χ1v) is 6.09. The lowest BCUT2D eigenvalue weighted by Gasteiger charge is -1.98. The lowest BCUT2D eigenvalue weighted by molar-refractivity contribution is 1.22. The number of rotatable bonds is 3. The Hall–Kier alpha value is -2.26. The average molecular weight is 232 g/mol. The van der Waals surface area contributed by atoms with Crippen molar-refractivity contribution in [2.24, 2.45) is 0 Å². The molecule has 0 radical (unpaired) electrons. The van der Waals surface area contributed by atoms with Crippen molar-refractivity contribution in [1.82, 2.24) is 0 Å². The van der Waals surface area contributed by atoms with Gasteiger partial charge in [0.15, 0.2) is 0 Å². The minimum Gasteiger partial charge on any atom is -0.0935 e. The maximum Gasteiger partial charge on any atom is 0.0343 e. The molecule has 0 heterocycles. The van der Waals surface area contributed by atoms with E-state index in [9.17, 15) is 0 Å². The first-order valence-electron chi connectivity index (χ1n) is 6.09. The van der Waals surface area contributed by atoms with Crippen LogP contribution in [0.2, 0.25) is 0 Å². The van der Waals surface area contributed by atoms with Gasteiger partial charge in [0, 0.05) is 12.8 Å². The van der Waals surface area contributed by atoms with Gasteiger partial charge in [0.05, 0.1) is 0 Å². The standard InChI is InChI=1S/C18H16/c1-16(15-18-12-6-3-7-13-18)9-8-14-17-10-4-2-5-11-17/h2-7,10-13H,1,14-15H2. The van der Waals surface area contributed by atoms with Gasteiger partial charge in [-0.15, -0.1) is 0 Å². The Kier molecular flexibility index (Phi) is 4.39. The molecule has 0 spiro atoms. The highest BCUT2D eigenvalue weighted by atomic mass is 14.0. The number of hydrogen-bond donors (Lipinski definition) is 0. The van der Waals surface area contributed by atoms with Crippen molar-refractivity contribution in [1.29, 1.82) is 0 Å². The zero-order chi connectivity index (χ0) is 12.6. The van der Waals surface area contributed by atoms with E-state index in [0.29, 0.717) is 0 Å². The van der Waals surface area contributed by atoms with Crippen molar-refractivity contribution in [3.63, 3.8) is 0 Å². The van der Waals surface area contributed by atoms with Gasteiger partial charge < -0.3 is 0 Å². The molecule has 2 aromatic rings. The van der Waals surface area contributed by atoms with Gasteiger partial charge in [-0.1, -0.05) is 79.1 Å². The van der Waals surface area contributed by atoms with Crippen molar-refractivity contribution in [2.45, 2.75) is 12.8 Å². The minimum atomic E-state index is 0.786. The van der Waals surface area contributed by atoms with Crippen LogP contribution < -0.4 is 0 Å². The van der Waals surface area contributed by atoms with Crippen LogP contribution in [0.4, 0.5) is 0 Å². The van der Waals surface area contributed by atoms with E-state index < -0.39 is 0 Å². The molecule has 18 heavy (non-hydrogen) atoms. The van der Waals surface area contributed by atoms with Crippen LogP contribution in [0, 0.1) is 11.8 Å². The van der Waals surface area contributed by atoms with Crippen molar-refractivity contribution in [3.05, 3.63) is 83.9 Å². The predicted octanol–water partition coefficient (Wildman–Crippen LogP) is 4.03. The van der Waals surface area contributed by atoms with Gasteiger partial charge in [-0.05, 0) is 16.7 Å². The minimum absolute atomic E-state index is 0.786. The van der Waals surface area contributed by atoms with Crippen LogP contribution in [0.25, 0.3) is 0 Å². The first-order chi connectivity index (χ1) is 8.84. The summed E-state index contributed by atoms with van der Waals surface area (Å²) in [7, 11) is 0. The van der Waals surface area contributed by atoms with Gasteiger partial charge in [-0.2, -0.15) is 0 Å². The monoisotopic (exact) mass is 232 g/mol. The number of allylic oxidation sites excluding steroid dienone is 1. The van der Waals surface area contributed by atoms with Gasteiger partial charge in [0.2, 0.25) is 0 Å². The molecule has 0 unspecified atom stereocenters. The Morgan fingerprint density at radius 2 is 1.39 bits per heavy atom. The highest BCUT2D eigenvalue weighted by molar-refractivity contribution is 5.33.